The monoisotopic (exact) mass is 1180 g/mol. The van der Waals surface area contributed by atoms with Gasteiger partial charge < -0.3 is 30.6 Å². The summed E-state index contributed by atoms with van der Waals surface area (Å²) in [5.41, 5.74) is 11.0. The molecule has 0 fully saturated rings. The summed E-state index contributed by atoms with van der Waals surface area (Å²) in [7, 11) is 0. The van der Waals surface area contributed by atoms with Crippen molar-refractivity contribution in [2.45, 2.75) is 261 Å². The molecule has 79 heavy (non-hydrogen) atoms. The molecule has 0 aliphatic rings. The molecule has 10 nitrogen and oxygen atoms in total. The largest absolute Gasteiger partial charge is 2.00 e. The maximum atomic E-state index is 11.4. The molecular formula is C68H102N2O8Pd. The number of aromatic carboxylic acids is 2. The normalized spacial score (nSPS) is 11.3. The maximum absolute atomic E-state index is 11.4. The fourth-order valence-electron chi connectivity index (χ4n) is 9.55. The standard InChI is InChI=1S/C46H76N2.2C11H14O4.Pd/c1-7-13-19-21-23-25-31-45(47-43-35-39(27-15-9-3)33-40(36-43)28-16-10-4)46(32-26-24-22-20-14-8-2)48-44-37-41(29-17-11-5)34-42(38-44)30-18-12-6;2*1-2-3-4-7-5-6-8(12)10(13)9(7)11(14)15;/h33-38H,7-32H2,1-6H3;2*5-6,12-13H,2-4H2,1H3,(H,14,15);/q;;;+2/p-2. The summed E-state index contributed by atoms with van der Waals surface area (Å²) in [5, 5.41) is 58.7. The van der Waals surface area contributed by atoms with Crippen LogP contribution < -0.4 is 10.2 Å². The predicted molar refractivity (Wildman–Crippen MR) is 324 cm³/mol. The van der Waals surface area contributed by atoms with Crippen molar-refractivity contribution in [3.63, 3.8) is 0 Å². The molecule has 0 aromatic heterocycles. The van der Waals surface area contributed by atoms with Crippen molar-refractivity contribution in [3.8, 4) is 23.0 Å². The van der Waals surface area contributed by atoms with Gasteiger partial charge in [-0.3, -0.25) is 9.98 Å². The molecule has 4 aromatic carbocycles. The number of carboxylic acid groups (broad SMARTS) is 2. The van der Waals surface area contributed by atoms with Gasteiger partial charge in [-0.05, 0) is 173 Å². The number of carboxylic acids is 2. The van der Waals surface area contributed by atoms with Gasteiger partial charge in [0.15, 0.2) is 0 Å². The van der Waals surface area contributed by atoms with Crippen LogP contribution in [-0.2, 0) is 58.9 Å². The first-order valence-corrected chi connectivity index (χ1v) is 30.6. The van der Waals surface area contributed by atoms with E-state index in [4.69, 9.17) is 30.4 Å². The van der Waals surface area contributed by atoms with Gasteiger partial charge in [0.25, 0.3) is 0 Å². The average Bonchev–Trinajstić information content (AvgIpc) is 3.43. The smallest absolute Gasteiger partial charge is 0.869 e. The van der Waals surface area contributed by atoms with Gasteiger partial charge in [0, 0.05) is 0 Å². The Kier molecular flexibility index (Phi) is 39.9. The van der Waals surface area contributed by atoms with Crippen molar-refractivity contribution in [1.82, 2.24) is 0 Å². The van der Waals surface area contributed by atoms with Gasteiger partial charge in [-0.2, -0.15) is 0 Å². The molecule has 0 unspecified atom stereocenters. The number of aliphatic imine (C=N–C) groups is 2. The van der Waals surface area contributed by atoms with Crippen LogP contribution in [0, 0.1) is 0 Å². The van der Waals surface area contributed by atoms with Gasteiger partial charge in [-0.1, -0.05) is 194 Å². The zero-order chi connectivity index (χ0) is 57.5. The van der Waals surface area contributed by atoms with Crippen molar-refractivity contribution < 1.29 is 60.7 Å². The van der Waals surface area contributed by atoms with Gasteiger partial charge >= 0.3 is 32.4 Å². The Morgan fingerprint density at radius 1 is 0.380 bits per heavy atom. The van der Waals surface area contributed by atoms with Crippen molar-refractivity contribution in [3.05, 3.63) is 105 Å². The summed E-state index contributed by atoms with van der Waals surface area (Å²) in [4.78, 5) is 32.9. The van der Waals surface area contributed by atoms with Gasteiger partial charge in [0.05, 0.1) is 33.9 Å². The van der Waals surface area contributed by atoms with Crippen LogP contribution in [0.1, 0.15) is 276 Å². The number of aromatic hydroxyl groups is 2. The van der Waals surface area contributed by atoms with Crippen molar-refractivity contribution in [2.24, 2.45) is 9.98 Å². The summed E-state index contributed by atoms with van der Waals surface area (Å²) in [6.45, 7) is 17.8. The molecule has 0 atom stereocenters. The minimum Gasteiger partial charge on any atom is -0.869 e. The van der Waals surface area contributed by atoms with Crippen molar-refractivity contribution >= 4 is 34.7 Å². The zero-order valence-corrected chi connectivity index (χ0v) is 51.6. The third-order valence-corrected chi connectivity index (χ3v) is 14.2. The zero-order valence-electron chi connectivity index (χ0n) is 50.0. The van der Waals surface area contributed by atoms with Crippen LogP contribution in [0.4, 0.5) is 11.4 Å². The molecule has 442 valence electrons. The van der Waals surface area contributed by atoms with E-state index in [1.165, 1.54) is 186 Å². The number of aryl methyl sites for hydroxylation is 6. The minimum absolute atomic E-state index is 0. The summed E-state index contributed by atoms with van der Waals surface area (Å²) in [6, 6.07) is 20.0. The number of hydrogen-bond donors (Lipinski definition) is 4. The molecule has 4 N–H and O–H groups in total. The molecule has 0 spiro atoms. The number of phenols is 2. The Bertz CT molecular complexity index is 2180. The third-order valence-electron chi connectivity index (χ3n) is 14.2. The van der Waals surface area contributed by atoms with Gasteiger partial charge in [0.1, 0.15) is 11.5 Å². The molecule has 0 aliphatic carbocycles. The van der Waals surface area contributed by atoms with Crippen LogP contribution in [0.15, 0.2) is 70.6 Å². The van der Waals surface area contributed by atoms with E-state index in [-0.39, 0.29) is 31.5 Å². The number of rotatable bonds is 37. The van der Waals surface area contributed by atoms with Gasteiger partial charge in [-0.25, -0.2) is 9.59 Å². The van der Waals surface area contributed by atoms with Crippen molar-refractivity contribution in [1.29, 1.82) is 0 Å². The first-order valence-electron chi connectivity index (χ1n) is 30.6. The quantitative estimate of drug-likeness (QED) is 0.0195. The SMILES string of the molecule is CCCCCCCCC(=Nc1cc(CCCC)cc(CCCC)c1)C(CCCCCCCC)=Nc1cc(CCCC)cc(CCCC)c1.CCCCc1ccc(O)c([O-])c1C(=O)O.CCCCc1ccc(O)c([O-])c1C(=O)O.[Pd+2]. The third kappa shape index (κ3) is 28.8. The van der Waals surface area contributed by atoms with E-state index in [9.17, 15) is 19.8 Å². The molecule has 0 amide bonds. The average molecular weight is 1180 g/mol. The van der Waals surface area contributed by atoms with E-state index < -0.39 is 34.9 Å². The molecule has 11 heteroatoms. The first kappa shape index (κ1) is 72.0. The Labute approximate surface area is 491 Å². The molecule has 4 rings (SSSR count). The topological polar surface area (TPSA) is 186 Å². The summed E-state index contributed by atoms with van der Waals surface area (Å²) < 4.78 is 0. The second-order valence-electron chi connectivity index (χ2n) is 21.3. The van der Waals surface area contributed by atoms with Crippen LogP contribution in [-0.4, -0.2) is 43.8 Å². The summed E-state index contributed by atoms with van der Waals surface area (Å²) >= 11 is 0. The Morgan fingerprint density at radius 3 is 0.924 bits per heavy atom. The van der Waals surface area contributed by atoms with E-state index in [0.29, 0.717) is 24.0 Å². The van der Waals surface area contributed by atoms with Crippen LogP contribution in [0.5, 0.6) is 23.0 Å². The molecule has 0 radical (unpaired) electrons. The minimum atomic E-state index is -1.28. The fourth-order valence-corrected chi connectivity index (χ4v) is 9.55. The van der Waals surface area contributed by atoms with E-state index >= 15 is 0 Å². The summed E-state index contributed by atoms with van der Waals surface area (Å²) in [6.07, 6.45) is 36.8. The molecule has 0 aliphatic heterocycles. The molecule has 0 saturated carbocycles. The molecular weight excluding hydrogens is 1080 g/mol. The maximum Gasteiger partial charge on any atom is 2.00 e. The van der Waals surface area contributed by atoms with Crippen LogP contribution in [0.3, 0.4) is 0 Å². The van der Waals surface area contributed by atoms with E-state index in [0.717, 1.165) is 75.6 Å². The fraction of sp³-hybridized carbons (Fsp3) is 0.588. The number of hydrogen-bond acceptors (Lipinski definition) is 8. The first-order chi connectivity index (χ1) is 37.7. The van der Waals surface area contributed by atoms with Gasteiger partial charge in [0.2, 0.25) is 0 Å². The van der Waals surface area contributed by atoms with E-state index in [1.54, 1.807) is 0 Å². The number of nitrogens with zero attached hydrogens (tertiary/aromatic N) is 2. The Hall–Kier alpha value is -4.98. The van der Waals surface area contributed by atoms with Gasteiger partial charge in [-0.15, -0.1) is 0 Å². The Balaban J connectivity index is 0.000000810. The van der Waals surface area contributed by atoms with E-state index in [1.807, 2.05) is 13.8 Å². The molecule has 0 bridgehead atoms. The Morgan fingerprint density at radius 2 is 0.646 bits per heavy atom. The number of benzene rings is 4. The van der Waals surface area contributed by atoms with Crippen LogP contribution in [0.25, 0.3) is 0 Å². The number of phenolic OH excluding ortho intramolecular Hbond substituents is 2. The van der Waals surface area contributed by atoms with Crippen LogP contribution >= 0.6 is 0 Å². The molecule has 0 saturated heterocycles. The molecule has 4 aromatic rings. The number of carbonyl (C=O) groups is 2. The number of unbranched alkanes of at least 4 members (excludes halogenated alkanes) is 16. The molecule has 0 heterocycles. The van der Waals surface area contributed by atoms with E-state index in [2.05, 4.69) is 77.9 Å². The van der Waals surface area contributed by atoms with Crippen LogP contribution in [0.2, 0.25) is 0 Å². The summed E-state index contributed by atoms with van der Waals surface area (Å²) in [5.74, 6) is -5.16. The predicted octanol–water partition coefficient (Wildman–Crippen LogP) is 18.4. The second kappa shape index (κ2) is 43.8. The second-order valence-corrected chi connectivity index (χ2v) is 21.3. The van der Waals surface area contributed by atoms with Crippen molar-refractivity contribution in [2.75, 3.05) is 0 Å².